The Morgan fingerprint density at radius 1 is 1.31 bits per heavy atom. The van der Waals surface area contributed by atoms with Crippen LogP contribution in [0.5, 0.6) is 0 Å². The van der Waals surface area contributed by atoms with E-state index in [1.54, 1.807) is 18.2 Å². The summed E-state index contributed by atoms with van der Waals surface area (Å²) in [6.45, 7) is 3.14. The highest BCUT2D eigenvalue weighted by Crippen LogP contribution is 2.07. The van der Waals surface area contributed by atoms with Crippen LogP contribution in [0.1, 0.15) is 29.8 Å². The Balaban J connectivity index is 2.63. The van der Waals surface area contributed by atoms with Gasteiger partial charge < -0.3 is 4.74 Å². The maximum atomic E-state index is 11.1. The van der Waals surface area contributed by atoms with Crippen LogP contribution in [0.3, 0.4) is 0 Å². The Kier molecular flexibility index (Phi) is 4.45. The predicted octanol–water partition coefficient (Wildman–Crippen LogP) is 2.47. The van der Waals surface area contributed by atoms with Gasteiger partial charge in [0.1, 0.15) is 6.61 Å². The number of hydrogen-bond donors (Lipinski definition) is 0. The summed E-state index contributed by atoms with van der Waals surface area (Å²) in [5.74, 6) is -0.266. The lowest BCUT2D eigenvalue weighted by Gasteiger charge is -1.98. The van der Waals surface area contributed by atoms with Crippen molar-refractivity contribution >= 4 is 17.8 Å². The average molecular weight is 218 g/mol. The first kappa shape index (κ1) is 12.2. The summed E-state index contributed by atoms with van der Waals surface area (Å²) in [5, 5.41) is 0. The van der Waals surface area contributed by atoms with Crippen molar-refractivity contribution < 1.29 is 14.3 Å². The number of ketones is 1. The molecule has 0 heterocycles. The van der Waals surface area contributed by atoms with Gasteiger partial charge in [0.15, 0.2) is 5.78 Å². The largest absolute Gasteiger partial charge is 0.462 e. The third kappa shape index (κ3) is 4.09. The van der Waals surface area contributed by atoms with Crippen molar-refractivity contribution in [3.05, 3.63) is 41.5 Å². The number of esters is 1. The molecule has 0 radical (unpaired) electrons. The summed E-state index contributed by atoms with van der Waals surface area (Å²) < 4.78 is 4.75. The van der Waals surface area contributed by atoms with Crippen molar-refractivity contribution in [2.45, 2.75) is 13.8 Å². The molecule has 1 aromatic carbocycles. The van der Waals surface area contributed by atoms with Gasteiger partial charge >= 0.3 is 5.97 Å². The summed E-state index contributed by atoms with van der Waals surface area (Å²) in [6.07, 6.45) is 3.55. The summed E-state index contributed by atoms with van der Waals surface area (Å²) in [4.78, 5) is 21.6. The van der Waals surface area contributed by atoms with Gasteiger partial charge in [0.2, 0.25) is 0 Å². The number of carbonyl (C=O) groups is 2. The quantitative estimate of drug-likeness (QED) is 0.576. The van der Waals surface area contributed by atoms with Gasteiger partial charge in [-0.1, -0.05) is 24.3 Å². The van der Waals surface area contributed by atoms with Crippen LogP contribution in [-0.2, 0) is 9.53 Å². The Morgan fingerprint density at radius 3 is 2.69 bits per heavy atom. The lowest BCUT2D eigenvalue weighted by Crippen LogP contribution is -1.97. The van der Waals surface area contributed by atoms with E-state index in [1.165, 1.54) is 13.8 Å². The fourth-order valence-electron chi connectivity index (χ4n) is 1.21. The molecule has 0 aliphatic heterocycles. The first-order valence-electron chi connectivity index (χ1n) is 5.00. The van der Waals surface area contributed by atoms with Crippen LogP contribution in [0.4, 0.5) is 0 Å². The molecule has 84 valence electrons. The molecular formula is C13H14O3. The lowest BCUT2D eigenvalue weighted by atomic mass is 10.1. The van der Waals surface area contributed by atoms with E-state index < -0.39 is 0 Å². The van der Waals surface area contributed by atoms with E-state index in [1.807, 2.05) is 18.2 Å². The zero-order valence-electron chi connectivity index (χ0n) is 9.40. The minimum Gasteiger partial charge on any atom is -0.462 e. The van der Waals surface area contributed by atoms with Gasteiger partial charge in [0.25, 0.3) is 0 Å². The van der Waals surface area contributed by atoms with Crippen molar-refractivity contribution in [1.29, 1.82) is 0 Å². The molecule has 16 heavy (non-hydrogen) atoms. The van der Waals surface area contributed by atoms with Gasteiger partial charge in [0.05, 0.1) is 0 Å². The minimum atomic E-state index is -0.304. The normalized spacial score (nSPS) is 10.4. The lowest BCUT2D eigenvalue weighted by molar-refractivity contribution is -0.139. The molecule has 3 nitrogen and oxygen atoms in total. The molecule has 0 spiro atoms. The van der Waals surface area contributed by atoms with E-state index in [2.05, 4.69) is 0 Å². The van der Waals surface area contributed by atoms with E-state index in [9.17, 15) is 9.59 Å². The SMILES string of the molecule is CC(=O)OC/C=C/c1cccc(C(C)=O)c1. The molecule has 1 rings (SSSR count). The molecule has 0 unspecified atom stereocenters. The Morgan fingerprint density at radius 2 is 2.06 bits per heavy atom. The molecule has 0 saturated heterocycles. The summed E-state index contributed by atoms with van der Waals surface area (Å²) in [5.41, 5.74) is 1.59. The fraction of sp³-hybridized carbons (Fsp3) is 0.231. The number of ether oxygens (including phenoxy) is 1. The first-order chi connectivity index (χ1) is 7.59. The highest BCUT2D eigenvalue weighted by Gasteiger charge is 1.97. The fourth-order valence-corrected chi connectivity index (χ4v) is 1.21. The van der Waals surface area contributed by atoms with Gasteiger partial charge in [-0.15, -0.1) is 0 Å². The molecule has 1 aromatic rings. The molecule has 0 saturated carbocycles. The Hall–Kier alpha value is -1.90. The number of benzene rings is 1. The second-order valence-corrected chi connectivity index (χ2v) is 3.39. The van der Waals surface area contributed by atoms with Crippen molar-refractivity contribution in [1.82, 2.24) is 0 Å². The van der Waals surface area contributed by atoms with Crippen molar-refractivity contribution in [3.63, 3.8) is 0 Å². The van der Waals surface area contributed by atoms with Gasteiger partial charge in [-0.3, -0.25) is 9.59 Å². The van der Waals surface area contributed by atoms with Crippen molar-refractivity contribution in [2.75, 3.05) is 6.61 Å². The van der Waals surface area contributed by atoms with E-state index in [-0.39, 0.29) is 18.4 Å². The summed E-state index contributed by atoms with van der Waals surface area (Å²) >= 11 is 0. The van der Waals surface area contributed by atoms with Crippen LogP contribution in [-0.4, -0.2) is 18.4 Å². The molecule has 0 fully saturated rings. The number of carbonyl (C=O) groups excluding carboxylic acids is 2. The van der Waals surface area contributed by atoms with Gasteiger partial charge in [-0.25, -0.2) is 0 Å². The second-order valence-electron chi connectivity index (χ2n) is 3.39. The first-order valence-corrected chi connectivity index (χ1v) is 5.00. The molecule has 0 amide bonds. The van der Waals surface area contributed by atoms with E-state index in [4.69, 9.17) is 4.74 Å². The molecule has 0 aliphatic rings. The summed E-state index contributed by atoms with van der Waals surface area (Å²) in [6, 6.07) is 7.28. The van der Waals surface area contributed by atoms with E-state index in [0.717, 1.165) is 5.56 Å². The minimum absolute atomic E-state index is 0.0373. The van der Waals surface area contributed by atoms with Crippen LogP contribution in [0, 0.1) is 0 Å². The zero-order chi connectivity index (χ0) is 12.0. The number of rotatable bonds is 4. The van der Waals surface area contributed by atoms with Crippen LogP contribution in [0.15, 0.2) is 30.3 Å². The highest BCUT2D eigenvalue weighted by molar-refractivity contribution is 5.94. The maximum Gasteiger partial charge on any atom is 0.302 e. The zero-order valence-corrected chi connectivity index (χ0v) is 9.40. The van der Waals surface area contributed by atoms with Crippen LogP contribution in [0.2, 0.25) is 0 Å². The van der Waals surface area contributed by atoms with Crippen LogP contribution >= 0.6 is 0 Å². The van der Waals surface area contributed by atoms with Gasteiger partial charge in [-0.05, 0) is 24.6 Å². The topological polar surface area (TPSA) is 43.4 Å². The molecule has 0 aliphatic carbocycles. The van der Waals surface area contributed by atoms with Crippen molar-refractivity contribution in [3.8, 4) is 0 Å². The Labute approximate surface area is 94.7 Å². The van der Waals surface area contributed by atoms with Gasteiger partial charge in [-0.2, -0.15) is 0 Å². The molecule has 0 N–H and O–H groups in total. The monoisotopic (exact) mass is 218 g/mol. The molecule has 0 aromatic heterocycles. The average Bonchev–Trinajstić information content (AvgIpc) is 2.24. The summed E-state index contributed by atoms with van der Waals surface area (Å²) in [7, 11) is 0. The molecule has 3 heteroatoms. The van der Waals surface area contributed by atoms with Crippen LogP contribution in [0.25, 0.3) is 6.08 Å². The number of Topliss-reactive ketones (excluding diaryl/α,β-unsaturated/α-hetero) is 1. The number of hydrogen-bond acceptors (Lipinski definition) is 3. The van der Waals surface area contributed by atoms with Gasteiger partial charge in [0, 0.05) is 12.5 Å². The molecular weight excluding hydrogens is 204 g/mol. The highest BCUT2D eigenvalue weighted by atomic mass is 16.5. The second kappa shape index (κ2) is 5.85. The predicted molar refractivity (Wildman–Crippen MR) is 62.1 cm³/mol. The standard InChI is InChI=1S/C13H14O3/c1-10(14)13-7-3-5-12(9-13)6-4-8-16-11(2)15/h3-7,9H,8H2,1-2H3/b6-4+. The van der Waals surface area contributed by atoms with Crippen molar-refractivity contribution in [2.24, 2.45) is 0 Å². The molecule has 0 atom stereocenters. The third-order valence-electron chi connectivity index (χ3n) is 1.99. The molecule has 0 bridgehead atoms. The Bertz CT molecular complexity index is 419. The van der Waals surface area contributed by atoms with E-state index in [0.29, 0.717) is 5.56 Å². The maximum absolute atomic E-state index is 11.1. The van der Waals surface area contributed by atoms with E-state index >= 15 is 0 Å². The smallest absolute Gasteiger partial charge is 0.302 e. The van der Waals surface area contributed by atoms with Crippen LogP contribution < -0.4 is 0 Å². The third-order valence-corrected chi connectivity index (χ3v) is 1.99.